The fourth-order valence-electron chi connectivity index (χ4n) is 4.88. The summed E-state index contributed by atoms with van der Waals surface area (Å²) >= 11 is 1.55. The monoisotopic (exact) mass is 619 g/mol. The summed E-state index contributed by atoms with van der Waals surface area (Å²) in [5, 5.41) is 14.6. The van der Waals surface area contributed by atoms with Gasteiger partial charge in [-0.1, -0.05) is 62.7 Å². The first-order valence-corrected chi connectivity index (χ1v) is 15.6. The van der Waals surface area contributed by atoms with Gasteiger partial charge in [-0.15, -0.1) is 0 Å². The van der Waals surface area contributed by atoms with Crippen molar-refractivity contribution in [2.24, 2.45) is 5.92 Å². The van der Waals surface area contributed by atoms with Gasteiger partial charge in [0.15, 0.2) is 11.9 Å². The van der Waals surface area contributed by atoms with Crippen molar-refractivity contribution in [3.8, 4) is 5.75 Å². The number of amides is 2. The fraction of sp³-hybridized carbons (Fsp3) is 0.382. The molecule has 2 N–H and O–H groups in total. The van der Waals surface area contributed by atoms with Crippen LogP contribution in [0.4, 0.5) is 10.5 Å². The van der Waals surface area contributed by atoms with Crippen LogP contribution in [0, 0.1) is 5.92 Å². The van der Waals surface area contributed by atoms with E-state index in [4.69, 9.17) is 9.47 Å². The molecule has 0 radical (unpaired) electrons. The Morgan fingerprint density at radius 3 is 2.48 bits per heavy atom. The van der Waals surface area contributed by atoms with E-state index in [9.17, 15) is 19.5 Å². The topological polar surface area (TPSA) is 108 Å². The van der Waals surface area contributed by atoms with Crippen LogP contribution in [0.25, 0.3) is 0 Å². The van der Waals surface area contributed by atoms with Crippen molar-refractivity contribution in [3.63, 3.8) is 0 Å². The third-order valence-corrected chi connectivity index (χ3v) is 8.70. The molecule has 1 fully saturated rings. The molecule has 4 rings (SSSR count). The molecular formula is C34H41N3O6S. The lowest BCUT2D eigenvalue weighted by molar-refractivity contribution is -0.129. The summed E-state index contributed by atoms with van der Waals surface area (Å²) in [4.78, 5) is 40.4. The Labute approximate surface area is 263 Å². The zero-order valence-electron chi connectivity index (χ0n) is 25.6. The van der Waals surface area contributed by atoms with Crippen LogP contribution in [0.3, 0.4) is 0 Å². The maximum absolute atomic E-state index is 13.5. The Morgan fingerprint density at radius 2 is 1.82 bits per heavy atom. The average molecular weight is 620 g/mol. The smallest absolute Gasteiger partial charge is 0.415 e. The van der Waals surface area contributed by atoms with E-state index in [1.165, 1.54) is 11.8 Å². The number of benzene rings is 3. The van der Waals surface area contributed by atoms with Crippen molar-refractivity contribution in [1.29, 1.82) is 0 Å². The molecule has 9 nitrogen and oxygen atoms in total. The molecule has 1 aliphatic rings. The molecule has 0 aromatic heterocycles. The molecule has 2 amide bonds. The molecule has 44 heavy (non-hydrogen) atoms. The molecule has 3 aromatic carbocycles. The average Bonchev–Trinajstić information content (AvgIpc) is 3.43. The Bertz CT molecular complexity index is 1400. The molecule has 4 unspecified atom stereocenters. The van der Waals surface area contributed by atoms with Gasteiger partial charge in [-0.2, -0.15) is 0 Å². The lowest BCUT2D eigenvalue weighted by Gasteiger charge is -2.31. The number of Topliss-reactive ketones (excluding diaryl/α,β-unsaturated/α-hetero) is 1. The third-order valence-electron chi connectivity index (χ3n) is 7.66. The van der Waals surface area contributed by atoms with Crippen molar-refractivity contribution < 1.29 is 29.0 Å². The molecule has 0 saturated carbocycles. The Kier molecular flexibility index (Phi) is 11.8. The van der Waals surface area contributed by atoms with E-state index in [-0.39, 0.29) is 12.3 Å². The summed E-state index contributed by atoms with van der Waals surface area (Å²) in [6.07, 6.45) is -1.28. The van der Waals surface area contributed by atoms with Crippen molar-refractivity contribution in [3.05, 3.63) is 90.0 Å². The quantitative estimate of drug-likeness (QED) is 0.173. The maximum Gasteiger partial charge on any atom is 0.415 e. The first-order chi connectivity index (χ1) is 21.2. The lowest BCUT2D eigenvalue weighted by atomic mass is 10.0. The van der Waals surface area contributed by atoms with Crippen LogP contribution < -0.4 is 15.0 Å². The number of cyclic esters (lactones) is 1. The van der Waals surface area contributed by atoms with Gasteiger partial charge in [-0.3, -0.25) is 14.5 Å². The summed E-state index contributed by atoms with van der Waals surface area (Å²) in [5.74, 6) is 0.547. The number of hydrogen-bond donors (Lipinski definition) is 2. The van der Waals surface area contributed by atoms with Crippen molar-refractivity contribution in [2.45, 2.75) is 56.8 Å². The van der Waals surface area contributed by atoms with Crippen LogP contribution in [0.2, 0.25) is 0 Å². The van der Waals surface area contributed by atoms with Gasteiger partial charge in [0.1, 0.15) is 5.75 Å². The fourth-order valence-corrected chi connectivity index (χ4v) is 5.99. The highest BCUT2D eigenvalue weighted by atomic mass is 32.2. The zero-order chi connectivity index (χ0) is 31.6. The lowest BCUT2D eigenvalue weighted by Crippen LogP contribution is -2.52. The zero-order valence-corrected chi connectivity index (χ0v) is 26.5. The number of methoxy groups -OCH3 is 1. The summed E-state index contributed by atoms with van der Waals surface area (Å²) in [6.45, 7) is 6.79. The highest BCUT2D eigenvalue weighted by Crippen LogP contribution is 2.28. The van der Waals surface area contributed by atoms with Gasteiger partial charge in [-0.25, -0.2) is 9.10 Å². The van der Waals surface area contributed by atoms with E-state index in [0.717, 1.165) is 29.2 Å². The minimum Gasteiger partial charge on any atom is -0.497 e. The van der Waals surface area contributed by atoms with E-state index in [2.05, 4.69) is 23.5 Å². The van der Waals surface area contributed by atoms with E-state index in [1.807, 2.05) is 54.6 Å². The summed E-state index contributed by atoms with van der Waals surface area (Å²) in [6, 6.07) is 23.5. The molecule has 3 aromatic rings. The second-order valence-electron chi connectivity index (χ2n) is 11.1. The van der Waals surface area contributed by atoms with Crippen LogP contribution in [-0.2, 0) is 16.0 Å². The number of rotatable bonds is 15. The number of aliphatic hydroxyl groups is 1. The van der Waals surface area contributed by atoms with Crippen molar-refractivity contribution >= 4 is 35.4 Å². The molecule has 1 saturated heterocycles. The van der Waals surface area contributed by atoms with Crippen LogP contribution in [-0.4, -0.2) is 72.2 Å². The van der Waals surface area contributed by atoms with E-state index >= 15 is 0 Å². The van der Waals surface area contributed by atoms with Crippen LogP contribution in [0.5, 0.6) is 5.75 Å². The number of hydrogen-bond acceptors (Lipinski definition) is 8. The largest absolute Gasteiger partial charge is 0.497 e. The maximum atomic E-state index is 13.5. The van der Waals surface area contributed by atoms with Gasteiger partial charge >= 0.3 is 6.09 Å². The second kappa shape index (κ2) is 15.7. The Morgan fingerprint density at radius 1 is 1.09 bits per heavy atom. The molecule has 234 valence electrons. The number of ether oxygens (including phenoxy) is 2. The van der Waals surface area contributed by atoms with Crippen LogP contribution in [0.15, 0.2) is 83.8 Å². The molecule has 1 heterocycles. The number of aliphatic hydroxyl groups excluding tert-OH is 1. The second-order valence-corrected chi connectivity index (χ2v) is 12.3. The SMILES string of the molecule is CCC(C)CN(CC(O)C(Cc1ccccc1)NC(=O)C1CN(c2cccc(C(C)=O)c2)C(=O)O1)Sc1ccc(OC)cc1. The summed E-state index contributed by atoms with van der Waals surface area (Å²) in [7, 11) is 1.63. The number of nitrogens with one attached hydrogen (secondary N) is 1. The van der Waals surface area contributed by atoms with Crippen molar-refractivity contribution in [1.82, 2.24) is 9.62 Å². The van der Waals surface area contributed by atoms with Gasteiger partial charge in [0.25, 0.3) is 5.91 Å². The minimum atomic E-state index is -1.07. The molecule has 1 aliphatic heterocycles. The summed E-state index contributed by atoms with van der Waals surface area (Å²) < 4.78 is 12.9. The van der Waals surface area contributed by atoms with E-state index in [0.29, 0.717) is 30.1 Å². The Hall–Kier alpha value is -3.86. The standard InChI is InChI=1S/C34H41N3O6S/c1-5-23(2)20-36(44-29-16-14-28(42-4)15-17-29)21-31(39)30(18-25-10-7-6-8-11-25)35-33(40)32-22-37(34(41)43-32)27-13-9-12-26(19-27)24(3)38/h6-17,19,23,30-32,39H,5,18,20-22H2,1-4H3,(H,35,40). The Balaban J connectivity index is 1.49. The predicted molar refractivity (Wildman–Crippen MR) is 172 cm³/mol. The number of nitrogens with zero attached hydrogens (tertiary/aromatic N) is 2. The number of anilines is 1. The number of carbonyl (C=O) groups is 3. The highest BCUT2D eigenvalue weighted by Gasteiger charge is 2.38. The van der Waals surface area contributed by atoms with Crippen LogP contribution in [0.1, 0.15) is 43.1 Å². The third kappa shape index (κ3) is 9.07. The molecule has 10 heteroatoms. The molecule has 4 atom stereocenters. The van der Waals surface area contributed by atoms with Gasteiger partial charge in [0, 0.05) is 29.2 Å². The number of ketones is 1. The van der Waals surface area contributed by atoms with Crippen molar-refractivity contribution in [2.75, 3.05) is 31.6 Å². The number of carbonyl (C=O) groups excluding carboxylic acids is 3. The van der Waals surface area contributed by atoms with Gasteiger partial charge < -0.3 is 19.9 Å². The van der Waals surface area contributed by atoms with Gasteiger partial charge in [0.05, 0.1) is 25.8 Å². The normalized spacial score (nSPS) is 16.7. The predicted octanol–water partition coefficient (Wildman–Crippen LogP) is 5.37. The van der Waals surface area contributed by atoms with E-state index < -0.39 is 30.3 Å². The minimum absolute atomic E-state index is 0.00631. The molecule has 0 bridgehead atoms. The summed E-state index contributed by atoms with van der Waals surface area (Å²) in [5.41, 5.74) is 1.90. The van der Waals surface area contributed by atoms with Gasteiger partial charge in [0.2, 0.25) is 0 Å². The first kappa shape index (κ1) is 33.0. The highest BCUT2D eigenvalue weighted by molar-refractivity contribution is 7.97. The first-order valence-electron chi connectivity index (χ1n) is 14.8. The van der Waals surface area contributed by atoms with Gasteiger partial charge in [-0.05, 0) is 73.2 Å². The van der Waals surface area contributed by atoms with Crippen LogP contribution >= 0.6 is 11.9 Å². The van der Waals surface area contributed by atoms with E-state index in [1.54, 1.807) is 43.3 Å². The molecule has 0 spiro atoms. The molecular weight excluding hydrogens is 578 g/mol. The molecule has 0 aliphatic carbocycles.